The zero-order valence-electron chi connectivity index (χ0n) is 20.9. The van der Waals surface area contributed by atoms with Gasteiger partial charge in [-0.05, 0) is 63.8 Å². The molecule has 2 aromatic rings. The number of anilines is 4. The summed E-state index contributed by atoms with van der Waals surface area (Å²) in [7, 11) is 0. The molecule has 4 aliphatic heterocycles. The Kier molecular flexibility index (Phi) is 5.45. The highest BCUT2D eigenvalue weighted by Gasteiger charge is 2.60. The van der Waals surface area contributed by atoms with E-state index in [4.69, 9.17) is 14.2 Å². The van der Waals surface area contributed by atoms with Crippen LogP contribution in [0.4, 0.5) is 22.9 Å². The minimum Gasteiger partial charge on any atom is -0.376 e. The molecule has 1 aliphatic carbocycles. The van der Waals surface area contributed by atoms with Crippen molar-refractivity contribution in [2.24, 2.45) is 5.92 Å². The fourth-order valence-corrected chi connectivity index (χ4v) is 6.88. The molecule has 4 atom stereocenters. The fraction of sp³-hybridized carbons (Fsp3) is 0.571. The highest BCUT2D eigenvalue weighted by atomic mass is 16.6. The Hall–Kier alpha value is -2.68. The average Bonchev–Trinajstić information content (AvgIpc) is 3.53. The molecular formula is C28H34N4O4. The van der Waals surface area contributed by atoms with E-state index in [9.17, 15) is 4.79 Å². The lowest BCUT2D eigenvalue weighted by atomic mass is 9.86. The van der Waals surface area contributed by atoms with E-state index in [1.54, 1.807) is 6.20 Å². The normalized spacial score (nSPS) is 32.3. The highest BCUT2D eigenvalue weighted by molar-refractivity contribution is 6.00. The predicted molar refractivity (Wildman–Crippen MR) is 137 cm³/mol. The average molecular weight is 491 g/mol. The molecule has 1 aromatic heterocycles. The number of carbonyl (C=O) groups excluding carboxylic acids is 1. The molecular weight excluding hydrogens is 456 g/mol. The first-order valence-corrected chi connectivity index (χ1v) is 13.4. The lowest BCUT2D eigenvalue weighted by molar-refractivity contribution is -0.124. The van der Waals surface area contributed by atoms with Gasteiger partial charge in [-0.15, -0.1) is 0 Å². The molecule has 1 amide bonds. The second-order valence-corrected chi connectivity index (χ2v) is 11.1. The van der Waals surface area contributed by atoms with Crippen LogP contribution in [0.15, 0.2) is 36.5 Å². The minimum absolute atomic E-state index is 0.00681. The van der Waals surface area contributed by atoms with Gasteiger partial charge in [0.15, 0.2) is 0 Å². The summed E-state index contributed by atoms with van der Waals surface area (Å²) in [6.45, 7) is 6.06. The number of nitrogens with one attached hydrogen (secondary N) is 1. The number of benzene rings is 1. The summed E-state index contributed by atoms with van der Waals surface area (Å²) in [6.07, 6.45) is 6.19. The third-order valence-corrected chi connectivity index (χ3v) is 8.51. The van der Waals surface area contributed by atoms with Crippen molar-refractivity contribution in [3.05, 3.63) is 42.1 Å². The number of hydrogen-bond donors (Lipinski definition) is 1. The predicted octanol–water partition coefficient (Wildman–Crippen LogP) is 4.01. The highest BCUT2D eigenvalue weighted by Crippen LogP contribution is 2.46. The molecule has 5 aliphatic rings. The number of hydrogen-bond acceptors (Lipinski definition) is 7. The molecule has 1 saturated carbocycles. The summed E-state index contributed by atoms with van der Waals surface area (Å²) >= 11 is 0. The van der Waals surface area contributed by atoms with Crippen LogP contribution in [0.3, 0.4) is 0 Å². The Balaban J connectivity index is 1.21. The van der Waals surface area contributed by atoms with Gasteiger partial charge in [0.05, 0.1) is 55.4 Å². The molecule has 4 bridgehead atoms. The van der Waals surface area contributed by atoms with E-state index in [0.29, 0.717) is 19.8 Å². The van der Waals surface area contributed by atoms with Gasteiger partial charge in [-0.25, -0.2) is 4.98 Å². The number of aromatic nitrogens is 1. The quantitative estimate of drug-likeness (QED) is 0.694. The van der Waals surface area contributed by atoms with Crippen molar-refractivity contribution in [3.63, 3.8) is 0 Å². The Morgan fingerprint density at radius 3 is 2.56 bits per heavy atom. The summed E-state index contributed by atoms with van der Waals surface area (Å²) in [5.41, 5.74) is 4.01. The molecule has 0 unspecified atom stereocenters. The van der Waals surface area contributed by atoms with Crippen molar-refractivity contribution in [1.29, 1.82) is 0 Å². The molecule has 0 radical (unpaired) electrons. The number of amides is 1. The molecule has 8 nitrogen and oxygen atoms in total. The van der Waals surface area contributed by atoms with Gasteiger partial charge in [-0.2, -0.15) is 0 Å². The monoisotopic (exact) mass is 490 g/mol. The lowest BCUT2D eigenvalue weighted by Gasteiger charge is -2.38. The maximum atomic E-state index is 14.1. The first kappa shape index (κ1) is 22.5. The third kappa shape index (κ3) is 3.61. The smallest absolute Gasteiger partial charge is 0.230 e. The van der Waals surface area contributed by atoms with E-state index >= 15 is 0 Å². The van der Waals surface area contributed by atoms with Crippen LogP contribution in [0.25, 0.3) is 0 Å². The summed E-state index contributed by atoms with van der Waals surface area (Å²) < 4.78 is 18.0. The molecule has 7 rings (SSSR count). The van der Waals surface area contributed by atoms with Gasteiger partial charge in [0.1, 0.15) is 18.0 Å². The van der Waals surface area contributed by atoms with E-state index in [1.165, 1.54) is 0 Å². The largest absolute Gasteiger partial charge is 0.376 e. The Labute approximate surface area is 211 Å². The Bertz CT molecular complexity index is 1150. The van der Waals surface area contributed by atoms with E-state index in [2.05, 4.69) is 53.3 Å². The summed E-state index contributed by atoms with van der Waals surface area (Å²) in [5.74, 6) is 1.02. The van der Waals surface area contributed by atoms with Crippen LogP contribution in [-0.4, -0.2) is 60.6 Å². The molecule has 4 fully saturated rings. The molecule has 3 saturated heterocycles. The van der Waals surface area contributed by atoms with Gasteiger partial charge in [0, 0.05) is 23.4 Å². The number of fused-ring (bicyclic) bond motifs is 2. The van der Waals surface area contributed by atoms with Crippen LogP contribution >= 0.6 is 0 Å². The van der Waals surface area contributed by atoms with Crippen molar-refractivity contribution in [2.45, 2.75) is 82.6 Å². The standard InChI is InChI=1S/C28H34N4O4/c1-16(2)36-20-8-5-17(6-9-20)28(33)31-13-18-4-3-11-29-27(18)30-21-10-7-19(12-22(21)31)32-23-14-34-26-24(32)15-35-25(23)26/h3-4,7,10-12,16-17,20,23-26H,5-6,8-9,13-15H2,1-2H3,(H,29,30)/t17-,20-,23-,24+,25-,26-/m1/s1. The number of rotatable bonds is 4. The van der Waals surface area contributed by atoms with Gasteiger partial charge in [0.2, 0.25) is 5.91 Å². The minimum atomic E-state index is 0.00681. The number of morpholine rings is 2. The maximum Gasteiger partial charge on any atom is 0.230 e. The van der Waals surface area contributed by atoms with Crippen molar-refractivity contribution < 1.29 is 19.0 Å². The van der Waals surface area contributed by atoms with Crippen molar-refractivity contribution in [2.75, 3.05) is 28.3 Å². The zero-order valence-corrected chi connectivity index (χ0v) is 20.9. The van der Waals surface area contributed by atoms with Crippen molar-refractivity contribution >= 4 is 28.8 Å². The third-order valence-electron chi connectivity index (χ3n) is 8.51. The van der Waals surface area contributed by atoms with Gasteiger partial charge in [0.25, 0.3) is 0 Å². The second kappa shape index (κ2) is 8.71. The maximum absolute atomic E-state index is 14.1. The van der Waals surface area contributed by atoms with E-state index in [0.717, 1.165) is 54.1 Å². The zero-order chi connectivity index (χ0) is 24.4. The number of carbonyl (C=O) groups is 1. The Morgan fingerprint density at radius 1 is 1.08 bits per heavy atom. The molecule has 1 N–H and O–H groups in total. The molecule has 8 heteroatoms. The first-order chi connectivity index (χ1) is 17.6. The number of pyridine rings is 1. The number of ether oxygens (including phenoxy) is 3. The van der Waals surface area contributed by atoms with Gasteiger partial charge in [-0.1, -0.05) is 6.07 Å². The Morgan fingerprint density at radius 2 is 1.83 bits per heavy atom. The van der Waals surface area contributed by atoms with Crippen LogP contribution in [0, 0.1) is 5.92 Å². The molecule has 5 heterocycles. The molecule has 36 heavy (non-hydrogen) atoms. The van der Waals surface area contributed by atoms with E-state index in [1.807, 2.05) is 11.0 Å². The summed E-state index contributed by atoms with van der Waals surface area (Å²) in [5, 5.41) is 3.51. The summed E-state index contributed by atoms with van der Waals surface area (Å²) in [6, 6.07) is 10.9. The lowest BCUT2D eigenvalue weighted by Crippen LogP contribution is -2.50. The molecule has 0 spiro atoms. The summed E-state index contributed by atoms with van der Waals surface area (Å²) in [4.78, 5) is 23.1. The van der Waals surface area contributed by atoms with Gasteiger partial charge in [-0.3, -0.25) is 4.79 Å². The van der Waals surface area contributed by atoms with Gasteiger partial charge < -0.3 is 29.3 Å². The van der Waals surface area contributed by atoms with Crippen LogP contribution in [-0.2, 0) is 25.5 Å². The van der Waals surface area contributed by atoms with Crippen LogP contribution in [0.5, 0.6) is 0 Å². The van der Waals surface area contributed by atoms with Gasteiger partial charge >= 0.3 is 0 Å². The van der Waals surface area contributed by atoms with Crippen molar-refractivity contribution in [3.8, 4) is 0 Å². The SMILES string of the molecule is CC(C)O[C@H]1CC[C@H](C(=O)N2Cc3cccnc3Nc3ccc(N4[C@@H]5CO[C@H]6[C@@H]5OC[C@@H]64)cc32)CC1. The van der Waals surface area contributed by atoms with Crippen LogP contribution < -0.4 is 15.1 Å². The van der Waals surface area contributed by atoms with Crippen LogP contribution in [0.1, 0.15) is 45.1 Å². The molecule has 190 valence electrons. The van der Waals surface area contributed by atoms with E-state index < -0.39 is 0 Å². The molecule has 1 aromatic carbocycles. The first-order valence-electron chi connectivity index (χ1n) is 13.4. The van der Waals surface area contributed by atoms with Crippen LogP contribution in [0.2, 0.25) is 0 Å². The number of nitrogens with zero attached hydrogens (tertiary/aromatic N) is 3. The second-order valence-electron chi connectivity index (χ2n) is 11.1. The topological polar surface area (TPSA) is 76.2 Å². The van der Waals surface area contributed by atoms with Crippen molar-refractivity contribution in [1.82, 2.24) is 4.98 Å². The van der Waals surface area contributed by atoms with E-state index in [-0.39, 0.29) is 48.3 Å². The fourth-order valence-electron chi connectivity index (χ4n) is 6.88.